The van der Waals surface area contributed by atoms with E-state index >= 15 is 0 Å². The maximum atomic E-state index is 12.4. The van der Waals surface area contributed by atoms with Gasteiger partial charge in [-0.1, -0.05) is 25.0 Å². The first-order valence-electron chi connectivity index (χ1n) is 13.9. The van der Waals surface area contributed by atoms with Crippen LogP contribution in [0, 0.1) is 35.0 Å². The molecular formula is C29H43NO3. The molecule has 2 aliphatic heterocycles. The Kier molecular flexibility index (Phi) is 5.19. The molecule has 2 saturated heterocycles. The molecule has 0 aromatic rings. The van der Waals surface area contributed by atoms with Crippen molar-refractivity contribution in [1.82, 2.24) is 4.90 Å². The lowest BCUT2D eigenvalue weighted by atomic mass is 9.52. The van der Waals surface area contributed by atoms with Gasteiger partial charge in [0.1, 0.15) is 5.78 Å². The van der Waals surface area contributed by atoms with Crippen molar-refractivity contribution in [2.75, 3.05) is 6.54 Å². The number of carbonyl (C=O) groups is 2. The second-order valence-corrected chi connectivity index (χ2v) is 13.0. The molecule has 182 valence electrons. The van der Waals surface area contributed by atoms with E-state index in [2.05, 4.69) is 25.7 Å². The van der Waals surface area contributed by atoms with Crippen LogP contribution in [0.2, 0.25) is 0 Å². The highest BCUT2D eigenvalue weighted by Gasteiger charge is 2.60. The largest absolute Gasteiger partial charge is 0.369 e. The van der Waals surface area contributed by atoms with E-state index < -0.39 is 0 Å². The third-order valence-corrected chi connectivity index (χ3v) is 11.7. The second-order valence-electron chi connectivity index (χ2n) is 13.0. The van der Waals surface area contributed by atoms with Gasteiger partial charge in [-0.2, -0.15) is 0 Å². The van der Waals surface area contributed by atoms with Crippen LogP contribution in [0.3, 0.4) is 0 Å². The van der Waals surface area contributed by atoms with Crippen molar-refractivity contribution < 1.29 is 14.3 Å². The first kappa shape index (κ1) is 22.3. The second kappa shape index (κ2) is 7.67. The van der Waals surface area contributed by atoms with Gasteiger partial charge in [-0.05, 0) is 93.8 Å². The minimum atomic E-state index is -0.0946. The third-order valence-electron chi connectivity index (χ3n) is 11.7. The number of carbonyl (C=O) groups excluding carboxylic acids is 2. The first-order valence-corrected chi connectivity index (χ1v) is 13.9. The van der Waals surface area contributed by atoms with Crippen molar-refractivity contribution in [2.24, 2.45) is 35.0 Å². The molecule has 0 bridgehead atoms. The van der Waals surface area contributed by atoms with Gasteiger partial charge in [-0.3, -0.25) is 9.59 Å². The number of ether oxygens (including phenoxy) is 1. The SMILES string of the molecule is CC(=O)N1CCCC2OC3(CCC4C(=C(C)C3)CC3C4CCC4CC(=O)CCC43C)C(C)C21. The molecule has 1 amide bonds. The van der Waals surface area contributed by atoms with Crippen LogP contribution >= 0.6 is 0 Å². The predicted molar refractivity (Wildman–Crippen MR) is 129 cm³/mol. The molecule has 4 heteroatoms. The van der Waals surface area contributed by atoms with E-state index in [0.717, 1.165) is 63.3 Å². The number of likely N-dealkylation sites (tertiary alicyclic amines) is 1. The van der Waals surface area contributed by atoms with Crippen LogP contribution in [-0.4, -0.2) is 40.9 Å². The molecular weight excluding hydrogens is 410 g/mol. The molecule has 0 aromatic heterocycles. The Morgan fingerprint density at radius 3 is 2.73 bits per heavy atom. The number of hydrogen-bond donors (Lipinski definition) is 0. The van der Waals surface area contributed by atoms with Gasteiger partial charge in [-0.25, -0.2) is 0 Å². The lowest BCUT2D eigenvalue weighted by Crippen LogP contribution is -2.51. The minimum absolute atomic E-state index is 0.0946. The summed E-state index contributed by atoms with van der Waals surface area (Å²) in [6.07, 6.45) is 12.4. The quantitative estimate of drug-likeness (QED) is 0.443. The number of allylic oxidation sites excluding steroid dienone is 1. The molecule has 3 saturated carbocycles. The highest BCUT2D eigenvalue weighted by atomic mass is 16.5. The maximum Gasteiger partial charge on any atom is 0.219 e. The molecule has 9 atom stereocenters. The summed E-state index contributed by atoms with van der Waals surface area (Å²) < 4.78 is 6.99. The Morgan fingerprint density at radius 1 is 1.12 bits per heavy atom. The number of rotatable bonds is 0. The Hall–Kier alpha value is -1.16. The number of piperidine rings is 1. The van der Waals surface area contributed by atoms with Gasteiger partial charge in [0.05, 0.1) is 17.7 Å². The molecule has 9 unspecified atom stereocenters. The van der Waals surface area contributed by atoms with E-state index in [1.54, 1.807) is 18.1 Å². The van der Waals surface area contributed by atoms with Crippen LogP contribution in [0.4, 0.5) is 0 Å². The standard InChI is InChI=1S/C29H43NO3/c1-17-16-29(18(2)27-26(33-29)6-5-13-30(27)19(3)31)12-10-22-23-8-7-20-14-21(32)9-11-28(20,4)25(23)15-24(17)22/h18,20,22-23,25-27H,5-16H2,1-4H3. The highest BCUT2D eigenvalue weighted by molar-refractivity contribution is 5.79. The minimum Gasteiger partial charge on any atom is -0.369 e. The first-order chi connectivity index (χ1) is 15.7. The summed E-state index contributed by atoms with van der Waals surface area (Å²) in [6.45, 7) is 9.94. The van der Waals surface area contributed by atoms with Crippen molar-refractivity contribution in [3.63, 3.8) is 0 Å². The number of hydrogen-bond acceptors (Lipinski definition) is 3. The van der Waals surface area contributed by atoms with Gasteiger partial charge < -0.3 is 9.64 Å². The fraction of sp³-hybridized carbons (Fsp3) is 0.862. The summed E-state index contributed by atoms with van der Waals surface area (Å²) in [6, 6.07) is 0.258. The van der Waals surface area contributed by atoms with Crippen LogP contribution < -0.4 is 0 Å². The van der Waals surface area contributed by atoms with Crippen molar-refractivity contribution in [2.45, 2.75) is 116 Å². The van der Waals surface area contributed by atoms with Crippen molar-refractivity contribution in [3.8, 4) is 0 Å². The summed E-state index contributed by atoms with van der Waals surface area (Å²) >= 11 is 0. The van der Waals surface area contributed by atoms with Gasteiger partial charge in [0.25, 0.3) is 0 Å². The van der Waals surface area contributed by atoms with Gasteiger partial charge in [-0.15, -0.1) is 0 Å². The fourth-order valence-electron chi connectivity index (χ4n) is 9.95. The van der Waals surface area contributed by atoms with Crippen LogP contribution in [-0.2, 0) is 14.3 Å². The molecule has 0 aromatic carbocycles. The number of nitrogens with zero attached hydrogens (tertiary/aromatic N) is 1. The van der Waals surface area contributed by atoms with Gasteiger partial charge in [0.2, 0.25) is 5.91 Å². The van der Waals surface area contributed by atoms with E-state index in [4.69, 9.17) is 4.74 Å². The lowest BCUT2D eigenvalue weighted by Gasteiger charge is -2.52. The normalized spacial score (nSPS) is 49.4. The van der Waals surface area contributed by atoms with Crippen molar-refractivity contribution in [1.29, 1.82) is 0 Å². The molecule has 1 spiro atoms. The summed E-state index contributed by atoms with van der Waals surface area (Å²) in [4.78, 5) is 26.7. The highest BCUT2D eigenvalue weighted by Crippen LogP contribution is 2.65. The molecule has 0 radical (unpaired) electrons. The van der Waals surface area contributed by atoms with E-state index in [-0.39, 0.29) is 23.7 Å². The Labute approximate surface area is 199 Å². The van der Waals surface area contributed by atoms with E-state index in [9.17, 15) is 9.59 Å². The Balaban J connectivity index is 1.29. The van der Waals surface area contributed by atoms with Crippen LogP contribution in [0.5, 0.6) is 0 Å². The smallest absolute Gasteiger partial charge is 0.219 e. The number of Topliss-reactive ketones (excluding diaryl/α,β-unsaturated/α-hetero) is 1. The molecule has 0 N–H and O–H groups in total. The number of fused-ring (bicyclic) bond motifs is 6. The Bertz CT molecular complexity index is 893. The van der Waals surface area contributed by atoms with Crippen molar-refractivity contribution >= 4 is 11.7 Å². The zero-order valence-corrected chi connectivity index (χ0v) is 21.2. The zero-order chi connectivity index (χ0) is 23.1. The monoisotopic (exact) mass is 453 g/mol. The van der Waals surface area contributed by atoms with Gasteiger partial charge in [0, 0.05) is 32.2 Å². The van der Waals surface area contributed by atoms with Crippen LogP contribution in [0.1, 0.15) is 98.3 Å². The summed E-state index contributed by atoms with van der Waals surface area (Å²) in [5.74, 6) is 4.03. The van der Waals surface area contributed by atoms with Crippen molar-refractivity contribution in [3.05, 3.63) is 11.1 Å². The van der Waals surface area contributed by atoms with Crippen LogP contribution in [0.15, 0.2) is 11.1 Å². The van der Waals surface area contributed by atoms with E-state index in [1.807, 2.05) is 0 Å². The molecule has 33 heavy (non-hydrogen) atoms. The maximum absolute atomic E-state index is 12.4. The molecule has 2 heterocycles. The molecule has 4 nitrogen and oxygen atoms in total. The van der Waals surface area contributed by atoms with Gasteiger partial charge >= 0.3 is 0 Å². The molecule has 6 aliphatic rings. The molecule has 4 aliphatic carbocycles. The van der Waals surface area contributed by atoms with E-state index in [0.29, 0.717) is 29.0 Å². The number of amides is 1. The average molecular weight is 454 g/mol. The Morgan fingerprint density at radius 2 is 1.94 bits per heavy atom. The summed E-state index contributed by atoms with van der Waals surface area (Å²) in [7, 11) is 0. The summed E-state index contributed by atoms with van der Waals surface area (Å²) in [5.41, 5.74) is 3.62. The van der Waals surface area contributed by atoms with Crippen LogP contribution in [0.25, 0.3) is 0 Å². The predicted octanol–water partition coefficient (Wildman–Crippen LogP) is 5.69. The fourth-order valence-corrected chi connectivity index (χ4v) is 9.95. The van der Waals surface area contributed by atoms with Gasteiger partial charge in [0.15, 0.2) is 0 Å². The number of ketones is 1. The van der Waals surface area contributed by atoms with E-state index in [1.165, 1.54) is 25.7 Å². The molecule has 5 fully saturated rings. The average Bonchev–Trinajstić information content (AvgIpc) is 3.25. The topological polar surface area (TPSA) is 46.6 Å². The zero-order valence-electron chi connectivity index (χ0n) is 21.2. The lowest BCUT2D eigenvalue weighted by molar-refractivity contribution is -0.135. The molecule has 6 rings (SSSR count). The summed E-state index contributed by atoms with van der Waals surface area (Å²) in [5, 5.41) is 0. The third kappa shape index (κ3) is 3.18.